The fourth-order valence-electron chi connectivity index (χ4n) is 6.50. The Morgan fingerprint density at radius 3 is 2.19 bits per heavy atom. The number of ether oxygens (including phenoxy) is 6. The molecule has 0 aromatic heterocycles. The van der Waals surface area contributed by atoms with E-state index in [1.807, 2.05) is 6.08 Å². The Balaban J connectivity index is 1.54. The van der Waals surface area contributed by atoms with Gasteiger partial charge in [0.2, 0.25) is 6.29 Å². The van der Waals surface area contributed by atoms with Crippen LogP contribution in [0, 0.1) is 0 Å². The Labute approximate surface area is 300 Å². The molecule has 0 spiro atoms. The van der Waals surface area contributed by atoms with Crippen molar-refractivity contribution in [3.63, 3.8) is 0 Å². The summed E-state index contributed by atoms with van der Waals surface area (Å²) < 4.78 is 35.7. The van der Waals surface area contributed by atoms with Crippen LogP contribution in [0.4, 0.5) is 0 Å². The summed E-state index contributed by atoms with van der Waals surface area (Å²) >= 11 is 0. The Bertz CT molecular complexity index is 1150. The van der Waals surface area contributed by atoms with Crippen molar-refractivity contribution in [1.82, 2.24) is 10.6 Å². The molecule has 22 heteroatoms. The van der Waals surface area contributed by atoms with E-state index in [2.05, 4.69) is 10.6 Å². The van der Waals surface area contributed by atoms with Crippen LogP contribution in [-0.2, 0) is 33.2 Å². The molecular weight excluding hydrogens is 696 g/mol. The summed E-state index contributed by atoms with van der Waals surface area (Å²) in [7, 11) is 0. The molecular formula is C30H58N8O14. The van der Waals surface area contributed by atoms with Crippen molar-refractivity contribution in [2.24, 2.45) is 34.4 Å². The van der Waals surface area contributed by atoms with Gasteiger partial charge in [0.1, 0.15) is 66.8 Å². The molecule has 3 heterocycles. The molecule has 4 rings (SSSR count). The van der Waals surface area contributed by atoms with E-state index in [-0.39, 0.29) is 13.0 Å². The van der Waals surface area contributed by atoms with Crippen molar-refractivity contribution in [2.45, 2.75) is 129 Å². The third-order valence-corrected chi connectivity index (χ3v) is 9.64. The molecule has 1 amide bonds. The minimum absolute atomic E-state index is 0.110. The van der Waals surface area contributed by atoms with E-state index in [0.717, 1.165) is 6.42 Å². The molecule has 0 aromatic rings. The standard InChI is InChI=1S/C30H58N8O14/c31-4-1-5-37-9-11-2-3-12(34)28(47-11)50-24-13(35)6-14(38-27(46)20(42)15(40)7-32)19(41)26(24)52-30-23(45)25(17(10-39)49-30)51-29-18(36)22(44)21(43)16(8-33)48-29/h2,12-26,28-30,37,39-45H,1,3-10,31-36H2,(H,38,46)/t12-,13+,14-,15+,16+,17-,18-,19+,20+,21-,22-,23-,24-,25-,26-,28-,29-,30+/m1/s1. The molecule has 4 aliphatic rings. The summed E-state index contributed by atoms with van der Waals surface area (Å²) in [6, 6.07) is -4.12. The minimum atomic E-state index is -1.92. The normalized spacial score (nSPS) is 42.3. The number of nitrogens with two attached hydrogens (primary N) is 6. The molecule has 1 aliphatic carbocycles. The van der Waals surface area contributed by atoms with Crippen LogP contribution in [0.5, 0.6) is 0 Å². The van der Waals surface area contributed by atoms with Gasteiger partial charge >= 0.3 is 0 Å². The highest BCUT2D eigenvalue weighted by Crippen LogP contribution is 2.34. The molecule has 3 aliphatic heterocycles. The molecule has 18 atom stereocenters. The van der Waals surface area contributed by atoms with E-state index in [4.69, 9.17) is 62.8 Å². The van der Waals surface area contributed by atoms with Crippen molar-refractivity contribution in [1.29, 1.82) is 0 Å². The molecule has 302 valence electrons. The van der Waals surface area contributed by atoms with E-state index < -0.39 is 129 Å². The van der Waals surface area contributed by atoms with E-state index in [1.54, 1.807) is 0 Å². The third kappa shape index (κ3) is 10.1. The van der Waals surface area contributed by atoms with E-state index >= 15 is 0 Å². The maximum absolute atomic E-state index is 12.8. The largest absolute Gasteiger partial charge is 0.467 e. The molecule has 1 saturated carbocycles. The van der Waals surface area contributed by atoms with Crippen LogP contribution in [0.15, 0.2) is 11.8 Å². The minimum Gasteiger partial charge on any atom is -0.467 e. The zero-order chi connectivity index (χ0) is 38.3. The Morgan fingerprint density at radius 1 is 0.865 bits per heavy atom. The molecule has 0 radical (unpaired) electrons. The molecule has 52 heavy (non-hydrogen) atoms. The Kier molecular flexibility index (Phi) is 16.3. The maximum Gasteiger partial charge on any atom is 0.251 e. The fraction of sp³-hybridized carbons (Fsp3) is 0.900. The fourth-order valence-corrected chi connectivity index (χ4v) is 6.50. The summed E-state index contributed by atoms with van der Waals surface area (Å²) in [5, 5.41) is 79.6. The second-order valence-electron chi connectivity index (χ2n) is 13.5. The van der Waals surface area contributed by atoms with Gasteiger partial charge in [-0.3, -0.25) is 4.79 Å². The van der Waals surface area contributed by atoms with Crippen LogP contribution >= 0.6 is 0 Å². The van der Waals surface area contributed by atoms with Crippen molar-refractivity contribution in [2.75, 3.05) is 39.3 Å². The maximum atomic E-state index is 12.8. The van der Waals surface area contributed by atoms with Crippen LogP contribution < -0.4 is 45.0 Å². The predicted octanol–water partition coefficient (Wildman–Crippen LogP) is -8.89. The number of amides is 1. The molecule has 0 aromatic carbocycles. The average Bonchev–Trinajstić information content (AvgIpc) is 3.43. The van der Waals surface area contributed by atoms with E-state index in [9.17, 15) is 40.5 Å². The van der Waals surface area contributed by atoms with Crippen molar-refractivity contribution >= 4 is 5.91 Å². The predicted molar refractivity (Wildman–Crippen MR) is 178 cm³/mol. The lowest BCUT2D eigenvalue weighted by Crippen LogP contribution is -2.67. The Morgan fingerprint density at radius 2 is 1.54 bits per heavy atom. The smallest absolute Gasteiger partial charge is 0.251 e. The number of aliphatic hydroxyl groups is 7. The number of rotatable bonds is 17. The van der Waals surface area contributed by atoms with E-state index in [0.29, 0.717) is 31.8 Å². The molecule has 0 bridgehead atoms. The number of hydrogen-bond donors (Lipinski definition) is 15. The van der Waals surface area contributed by atoms with Crippen LogP contribution in [0.2, 0.25) is 0 Å². The number of hydrogen-bond acceptors (Lipinski definition) is 21. The summed E-state index contributed by atoms with van der Waals surface area (Å²) in [5.74, 6) is -0.499. The highest BCUT2D eigenvalue weighted by atomic mass is 16.8. The molecule has 2 saturated heterocycles. The summed E-state index contributed by atoms with van der Waals surface area (Å²) in [6.07, 6.45) is -17.4. The van der Waals surface area contributed by atoms with Gasteiger partial charge < -0.3 is 109 Å². The topological polar surface area (TPSA) is 394 Å². The second kappa shape index (κ2) is 19.7. The first-order chi connectivity index (χ1) is 24.8. The van der Waals surface area contributed by atoms with Crippen LogP contribution in [0.1, 0.15) is 19.3 Å². The van der Waals surface area contributed by atoms with Crippen molar-refractivity contribution in [3.05, 3.63) is 11.8 Å². The molecule has 22 nitrogen and oxygen atoms in total. The van der Waals surface area contributed by atoms with Gasteiger partial charge in [-0.2, -0.15) is 0 Å². The second-order valence-corrected chi connectivity index (χ2v) is 13.5. The van der Waals surface area contributed by atoms with Crippen LogP contribution in [-0.4, -0.2) is 191 Å². The number of aliphatic hydroxyl groups excluding tert-OH is 7. The third-order valence-electron chi connectivity index (χ3n) is 9.64. The summed E-state index contributed by atoms with van der Waals surface area (Å²) in [4.78, 5) is 12.8. The summed E-state index contributed by atoms with van der Waals surface area (Å²) in [6.45, 7) is 0.212. The Hall–Kier alpha value is -1.75. The lowest BCUT2D eigenvalue weighted by atomic mass is 9.83. The van der Waals surface area contributed by atoms with Gasteiger partial charge in [-0.1, -0.05) is 0 Å². The number of carbonyl (C=O) groups excluding carboxylic acids is 1. The van der Waals surface area contributed by atoms with Gasteiger partial charge in [0.25, 0.3) is 5.91 Å². The zero-order valence-corrected chi connectivity index (χ0v) is 28.8. The lowest BCUT2D eigenvalue weighted by molar-refractivity contribution is -0.282. The SMILES string of the molecule is NCCCNCC1=CC[C@@H](N)[C@@H](O[C@H]2[C@H](O[C@@H]3O[C@H](CO)[C@@H](O[C@H]4O[C@@H](CN)[C@@H](O)[C@H](O)[C@H]4N)[C@H]3O)[C@@H](O)[C@H](NC(=O)[C@@H](O)[C@@H](O)CN)C[C@@H]2N)O1. The van der Waals surface area contributed by atoms with E-state index in [1.165, 1.54) is 0 Å². The highest BCUT2D eigenvalue weighted by molar-refractivity contribution is 5.81. The number of carbonyl (C=O) groups is 1. The summed E-state index contributed by atoms with van der Waals surface area (Å²) in [5.41, 5.74) is 35.5. The quantitative estimate of drug-likeness (QED) is 0.0613. The van der Waals surface area contributed by atoms with Crippen molar-refractivity contribution < 1.29 is 69.0 Å². The van der Waals surface area contributed by atoms with Crippen LogP contribution in [0.25, 0.3) is 0 Å². The lowest BCUT2D eigenvalue weighted by Gasteiger charge is -2.46. The van der Waals surface area contributed by atoms with Gasteiger partial charge in [-0.15, -0.1) is 0 Å². The molecule has 3 fully saturated rings. The number of nitrogens with one attached hydrogen (secondary N) is 2. The van der Waals surface area contributed by atoms with Gasteiger partial charge in [-0.05, 0) is 38.4 Å². The average molecular weight is 755 g/mol. The van der Waals surface area contributed by atoms with Crippen LogP contribution in [0.3, 0.4) is 0 Å². The van der Waals surface area contributed by atoms with Crippen molar-refractivity contribution in [3.8, 4) is 0 Å². The molecule has 21 N–H and O–H groups in total. The first kappa shape index (κ1) is 43.0. The van der Waals surface area contributed by atoms with Gasteiger partial charge in [0.05, 0.1) is 31.3 Å². The molecule has 0 unspecified atom stereocenters. The van der Waals surface area contributed by atoms with Gasteiger partial charge in [0.15, 0.2) is 18.7 Å². The highest BCUT2D eigenvalue weighted by Gasteiger charge is 2.54. The zero-order valence-electron chi connectivity index (χ0n) is 28.8. The van der Waals surface area contributed by atoms with Gasteiger partial charge in [-0.25, -0.2) is 0 Å². The van der Waals surface area contributed by atoms with Gasteiger partial charge in [0, 0.05) is 19.1 Å². The monoisotopic (exact) mass is 754 g/mol. The first-order valence-electron chi connectivity index (χ1n) is 17.5. The first-order valence-corrected chi connectivity index (χ1v) is 17.5.